The van der Waals surface area contributed by atoms with Crippen LogP contribution in [-0.2, 0) is 4.79 Å². The number of rotatable bonds is 7. The molecule has 0 aliphatic heterocycles. The minimum Gasteiger partial charge on any atom is -0.492 e. The monoisotopic (exact) mass is 411 g/mol. The van der Waals surface area contributed by atoms with Gasteiger partial charge in [0.25, 0.3) is 5.91 Å². The largest absolute Gasteiger partial charge is 0.492 e. The van der Waals surface area contributed by atoms with Gasteiger partial charge in [0.2, 0.25) is 5.91 Å². The molecule has 0 atom stereocenters. The highest BCUT2D eigenvalue weighted by atomic mass is 35.5. The molecule has 0 radical (unpaired) electrons. The SMILES string of the molecule is CC(C)C(=O)Nc1ccc(Cl)c(C(=O)Nc2ccc(OCCN)cc2)c1.Cl. The van der Waals surface area contributed by atoms with Gasteiger partial charge in [-0.15, -0.1) is 12.4 Å². The normalized spacial score (nSPS) is 10.1. The summed E-state index contributed by atoms with van der Waals surface area (Å²) in [6.45, 7) is 4.44. The van der Waals surface area contributed by atoms with Crippen LogP contribution in [0.4, 0.5) is 11.4 Å². The first kappa shape index (κ1) is 22.8. The predicted molar refractivity (Wildman–Crippen MR) is 111 cm³/mol. The molecule has 0 spiro atoms. The van der Waals surface area contributed by atoms with Crippen molar-refractivity contribution >= 4 is 47.2 Å². The molecule has 4 N–H and O–H groups in total. The van der Waals surface area contributed by atoms with Gasteiger partial charge in [-0.05, 0) is 42.5 Å². The van der Waals surface area contributed by atoms with Crippen LogP contribution < -0.4 is 21.1 Å². The summed E-state index contributed by atoms with van der Waals surface area (Å²) in [7, 11) is 0. The summed E-state index contributed by atoms with van der Waals surface area (Å²) in [6.07, 6.45) is 0. The quantitative estimate of drug-likeness (QED) is 0.642. The topological polar surface area (TPSA) is 93.5 Å². The Labute approximate surface area is 169 Å². The average molecular weight is 412 g/mol. The zero-order chi connectivity index (χ0) is 19.1. The summed E-state index contributed by atoms with van der Waals surface area (Å²) in [5.41, 5.74) is 6.78. The van der Waals surface area contributed by atoms with Crippen LogP contribution in [0.1, 0.15) is 24.2 Å². The van der Waals surface area contributed by atoms with E-state index in [1.165, 1.54) is 0 Å². The van der Waals surface area contributed by atoms with Crippen LogP contribution in [0, 0.1) is 5.92 Å². The molecule has 0 unspecified atom stereocenters. The van der Waals surface area contributed by atoms with E-state index in [9.17, 15) is 9.59 Å². The highest BCUT2D eigenvalue weighted by Gasteiger charge is 2.14. The minimum atomic E-state index is -0.369. The van der Waals surface area contributed by atoms with Gasteiger partial charge in [0.15, 0.2) is 0 Å². The maximum atomic E-state index is 12.5. The Hall–Kier alpha value is -2.28. The Balaban J connectivity index is 0.00000364. The Bertz CT molecular complexity index is 780. The molecule has 27 heavy (non-hydrogen) atoms. The second-order valence-electron chi connectivity index (χ2n) is 5.95. The fourth-order valence-corrected chi connectivity index (χ4v) is 2.28. The molecule has 0 aliphatic rings. The van der Waals surface area contributed by atoms with E-state index in [1.807, 2.05) is 0 Å². The van der Waals surface area contributed by atoms with Crippen LogP contribution in [0.2, 0.25) is 5.02 Å². The van der Waals surface area contributed by atoms with Crippen LogP contribution >= 0.6 is 24.0 Å². The number of carbonyl (C=O) groups excluding carboxylic acids is 2. The lowest BCUT2D eigenvalue weighted by Crippen LogP contribution is -2.18. The van der Waals surface area contributed by atoms with Gasteiger partial charge in [0.1, 0.15) is 12.4 Å². The molecule has 6 nitrogen and oxygen atoms in total. The van der Waals surface area contributed by atoms with Crippen molar-refractivity contribution in [2.45, 2.75) is 13.8 Å². The molecule has 0 saturated heterocycles. The molecule has 2 aromatic carbocycles. The van der Waals surface area contributed by atoms with Crippen LogP contribution in [0.15, 0.2) is 42.5 Å². The van der Waals surface area contributed by atoms with Gasteiger partial charge in [-0.3, -0.25) is 9.59 Å². The second kappa shape index (κ2) is 10.8. The van der Waals surface area contributed by atoms with E-state index in [2.05, 4.69) is 10.6 Å². The maximum Gasteiger partial charge on any atom is 0.257 e. The first-order chi connectivity index (χ1) is 12.4. The Morgan fingerprint density at radius 3 is 2.30 bits per heavy atom. The van der Waals surface area contributed by atoms with Crippen LogP contribution in [0.3, 0.4) is 0 Å². The molecule has 0 fully saturated rings. The highest BCUT2D eigenvalue weighted by molar-refractivity contribution is 6.34. The number of carbonyl (C=O) groups is 2. The molecule has 8 heteroatoms. The average Bonchev–Trinajstić information content (AvgIpc) is 2.62. The van der Waals surface area contributed by atoms with Crippen molar-refractivity contribution in [1.82, 2.24) is 0 Å². The lowest BCUT2D eigenvalue weighted by Gasteiger charge is -2.11. The summed E-state index contributed by atoms with van der Waals surface area (Å²) in [5, 5.41) is 5.82. The third kappa shape index (κ3) is 6.75. The van der Waals surface area contributed by atoms with Crippen molar-refractivity contribution in [2.24, 2.45) is 11.7 Å². The maximum absolute atomic E-state index is 12.5. The van der Waals surface area contributed by atoms with E-state index in [4.69, 9.17) is 22.1 Å². The summed E-state index contributed by atoms with van der Waals surface area (Å²) in [6, 6.07) is 11.7. The Kier molecular flexibility index (Phi) is 9.08. The van der Waals surface area contributed by atoms with Gasteiger partial charge in [0, 0.05) is 23.8 Å². The number of anilines is 2. The van der Waals surface area contributed by atoms with Crippen molar-refractivity contribution in [2.75, 3.05) is 23.8 Å². The van der Waals surface area contributed by atoms with E-state index in [0.29, 0.717) is 35.3 Å². The van der Waals surface area contributed by atoms with Crippen LogP contribution in [0.25, 0.3) is 0 Å². The molecule has 2 rings (SSSR count). The molecule has 0 saturated carbocycles. The first-order valence-corrected chi connectivity index (χ1v) is 8.63. The van der Waals surface area contributed by atoms with E-state index >= 15 is 0 Å². The number of amides is 2. The zero-order valence-electron chi connectivity index (χ0n) is 15.1. The fraction of sp³-hybridized carbons (Fsp3) is 0.263. The summed E-state index contributed by atoms with van der Waals surface area (Å²) >= 11 is 6.13. The van der Waals surface area contributed by atoms with Gasteiger partial charge in [-0.1, -0.05) is 25.4 Å². The molecule has 0 heterocycles. The van der Waals surface area contributed by atoms with Crippen LogP contribution in [0.5, 0.6) is 5.75 Å². The number of ether oxygens (including phenoxy) is 1. The number of hydrogen-bond acceptors (Lipinski definition) is 4. The van der Waals surface area contributed by atoms with Crippen LogP contribution in [-0.4, -0.2) is 25.0 Å². The Morgan fingerprint density at radius 2 is 1.70 bits per heavy atom. The predicted octanol–water partition coefficient (Wildman–Crippen LogP) is 3.95. The summed E-state index contributed by atoms with van der Waals surface area (Å²) in [5.74, 6) is 0.00542. The molecular formula is C19H23Cl2N3O3. The van der Waals surface area contributed by atoms with Crippen molar-refractivity contribution < 1.29 is 14.3 Å². The van der Waals surface area contributed by atoms with Gasteiger partial charge >= 0.3 is 0 Å². The van der Waals surface area contributed by atoms with Crippen molar-refractivity contribution in [3.8, 4) is 5.75 Å². The van der Waals surface area contributed by atoms with Gasteiger partial charge in [0.05, 0.1) is 10.6 Å². The summed E-state index contributed by atoms with van der Waals surface area (Å²) in [4.78, 5) is 24.3. The van der Waals surface area contributed by atoms with Gasteiger partial charge < -0.3 is 21.1 Å². The third-order valence-corrected chi connectivity index (χ3v) is 3.83. The van der Waals surface area contributed by atoms with E-state index in [1.54, 1.807) is 56.3 Å². The third-order valence-electron chi connectivity index (χ3n) is 3.50. The first-order valence-electron chi connectivity index (χ1n) is 8.25. The minimum absolute atomic E-state index is 0. The smallest absolute Gasteiger partial charge is 0.257 e. The van der Waals surface area contributed by atoms with Crippen molar-refractivity contribution in [3.05, 3.63) is 53.1 Å². The Morgan fingerprint density at radius 1 is 1.07 bits per heavy atom. The molecule has 0 bridgehead atoms. The fourth-order valence-electron chi connectivity index (χ4n) is 2.07. The molecule has 2 amide bonds. The van der Waals surface area contributed by atoms with E-state index in [0.717, 1.165) is 0 Å². The van der Waals surface area contributed by atoms with Gasteiger partial charge in [-0.25, -0.2) is 0 Å². The molecule has 2 aromatic rings. The number of nitrogens with one attached hydrogen (secondary N) is 2. The highest BCUT2D eigenvalue weighted by Crippen LogP contribution is 2.23. The molecular weight excluding hydrogens is 389 g/mol. The van der Waals surface area contributed by atoms with Crippen molar-refractivity contribution in [3.63, 3.8) is 0 Å². The van der Waals surface area contributed by atoms with Crippen molar-refractivity contribution in [1.29, 1.82) is 0 Å². The lowest BCUT2D eigenvalue weighted by atomic mass is 10.1. The van der Waals surface area contributed by atoms with E-state index < -0.39 is 0 Å². The number of nitrogens with two attached hydrogens (primary N) is 1. The molecule has 146 valence electrons. The number of hydrogen-bond donors (Lipinski definition) is 3. The number of benzene rings is 2. The van der Waals surface area contributed by atoms with E-state index in [-0.39, 0.29) is 35.7 Å². The second-order valence-corrected chi connectivity index (χ2v) is 6.36. The zero-order valence-corrected chi connectivity index (χ0v) is 16.7. The summed E-state index contributed by atoms with van der Waals surface area (Å²) < 4.78 is 5.39. The van der Waals surface area contributed by atoms with Gasteiger partial charge in [-0.2, -0.15) is 0 Å². The standard InChI is InChI=1S/C19H22ClN3O3.ClH/c1-12(2)18(24)23-14-5-8-17(20)16(11-14)19(25)22-13-3-6-15(7-4-13)26-10-9-21;/h3-8,11-12H,9-10,21H2,1-2H3,(H,22,25)(H,23,24);1H. The molecule has 0 aromatic heterocycles. The number of halogens is 2. The molecule has 0 aliphatic carbocycles. The lowest BCUT2D eigenvalue weighted by molar-refractivity contribution is -0.118.